The molecule has 19 heavy (non-hydrogen) atoms. The van der Waals surface area contributed by atoms with Crippen LogP contribution in [0.3, 0.4) is 0 Å². The van der Waals surface area contributed by atoms with Crippen LogP contribution in [-0.2, 0) is 11.2 Å². The Balaban J connectivity index is 2.05. The number of likely N-dealkylation sites (tertiary alicyclic amines) is 1. The Bertz CT molecular complexity index is 521. The van der Waals surface area contributed by atoms with Crippen molar-refractivity contribution in [3.63, 3.8) is 0 Å². The molecule has 1 fully saturated rings. The van der Waals surface area contributed by atoms with Crippen molar-refractivity contribution in [3.8, 4) is 11.8 Å². The number of nitriles is 1. The molecule has 0 unspecified atom stereocenters. The van der Waals surface area contributed by atoms with E-state index in [4.69, 9.17) is 5.26 Å². The van der Waals surface area contributed by atoms with Gasteiger partial charge in [-0.1, -0.05) is 18.2 Å². The van der Waals surface area contributed by atoms with Gasteiger partial charge in [0.2, 0.25) is 5.91 Å². The molecule has 0 bridgehead atoms. The van der Waals surface area contributed by atoms with E-state index in [-0.39, 0.29) is 18.1 Å². The molecule has 0 spiro atoms. The summed E-state index contributed by atoms with van der Waals surface area (Å²) in [5.74, 6) is 0.124. The molecule has 1 saturated heterocycles. The topological polar surface area (TPSA) is 64.3 Å². The third-order valence-corrected chi connectivity index (χ3v) is 3.65. The van der Waals surface area contributed by atoms with Gasteiger partial charge in [-0.25, -0.2) is 0 Å². The van der Waals surface area contributed by atoms with Crippen LogP contribution in [0.1, 0.15) is 25.3 Å². The van der Waals surface area contributed by atoms with Crippen LogP contribution in [0.15, 0.2) is 24.3 Å². The fraction of sp³-hybridized carbons (Fsp3) is 0.467. The Morgan fingerprint density at radius 2 is 2.26 bits per heavy atom. The fourth-order valence-corrected chi connectivity index (χ4v) is 2.48. The van der Waals surface area contributed by atoms with E-state index in [1.807, 2.05) is 6.92 Å². The van der Waals surface area contributed by atoms with Gasteiger partial charge in [-0.3, -0.25) is 4.79 Å². The number of hydrogen-bond acceptors (Lipinski definition) is 3. The number of aromatic hydroxyl groups is 1. The third-order valence-electron chi connectivity index (χ3n) is 3.65. The van der Waals surface area contributed by atoms with E-state index in [9.17, 15) is 9.90 Å². The lowest BCUT2D eigenvalue weighted by Crippen LogP contribution is -2.44. The third kappa shape index (κ3) is 3.05. The molecule has 0 saturated carbocycles. The Hall–Kier alpha value is -2.02. The molecule has 0 aliphatic carbocycles. The van der Waals surface area contributed by atoms with Gasteiger partial charge in [-0.15, -0.1) is 0 Å². The Morgan fingerprint density at radius 3 is 2.95 bits per heavy atom. The Kier molecular flexibility index (Phi) is 3.75. The molecule has 1 aromatic rings. The molecular formula is C15H18N2O2. The predicted molar refractivity (Wildman–Crippen MR) is 71.3 cm³/mol. The summed E-state index contributed by atoms with van der Waals surface area (Å²) >= 11 is 0. The highest BCUT2D eigenvalue weighted by Gasteiger charge is 2.33. The number of benzene rings is 1. The van der Waals surface area contributed by atoms with Crippen LogP contribution >= 0.6 is 0 Å². The second-order valence-corrected chi connectivity index (χ2v) is 5.40. The van der Waals surface area contributed by atoms with E-state index in [1.165, 1.54) is 0 Å². The number of carbonyl (C=O) groups is 1. The number of amides is 1. The van der Waals surface area contributed by atoms with Gasteiger partial charge in [0.1, 0.15) is 5.75 Å². The minimum atomic E-state index is -0.438. The highest BCUT2D eigenvalue weighted by molar-refractivity contribution is 5.79. The first-order valence-corrected chi connectivity index (χ1v) is 6.50. The molecule has 100 valence electrons. The number of hydrogen-bond donors (Lipinski definition) is 1. The Morgan fingerprint density at radius 1 is 1.53 bits per heavy atom. The summed E-state index contributed by atoms with van der Waals surface area (Å²) in [6.45, 7) is 3.08. The van der Waals surface area contributed by atoms with E-state index in [0.29, 0.717) is 18.7 Å². The highest BCUT2D eigenvalue weighted by atomic mass is 16.3. The zero-order valence-electron chi connectivity index (χ0n) is 11.1. The summed E-state index contributed by atoms with van der Waals surface area (Å²) in [4.78, 5) is 14.0. The number of nitrogens with zero attached hydrogens (tertiary/aromatic N) is 2. The SMILES string of the molecule is C[C@@]1(C#N)CCCN(C(=O)Cc2ccccc2O)C1. The number of rotatable bonds is 2. The van der Waals surface area contributed by atoms with Crippen molar-refractivity contribution in [1.29, 1.82) is 5.26 Å². The fourth-order valence-electron chi connectivity index (χ4n) is 2.48. The van der Waals surface area contributed by atoms with E-state index >= 15 is 0 Å². The van der Waals surface area contributed by atoms with Gasteiger partial charge in [0.15, 0.2) is 0 Å². The van der Waals surface area contributed by atoms with Gasteiger partial charge in [-0.05, 0) is 25.8 Å². The number of phenols is 1. The van der Waals surface area contributed by atoms with Crippen LogP contribution in [0.2, 0.25) is 0 Å². The van der Waals surface area contributed by atoms with Crippen molar-refractivity contribution in [2.75, 3.05) is 13.1 Å². The number of phenolic OH excluding ortho intramolecular Hbond substituents is 1. The first-order valence-electron chi connectivity index (χ1n) is 6.50. The molecular weight excluding hydrogens is 240 g/mol. The molecule has 1 amide bonds. The van der Waals surface area contributed by atoms with Gasteiger partial charge in [0.25, 0.3) is 0 Å². The van der Waals surface area contributed by atoms with Crippen molar-refractivity contribution < 1.29 is 9.90 Å². The van der Waals surface area contributed by atoms with Gasteiger partial charge < -0.3 is 10.0 Å². The molecule has 1 N–H and O–H groups in total. The normalized spacial score (nSPS) is 22.8. The standard InChI is InChI=1S/C15H18N2O2/c1-15(10-16)7-4-8-17(11-15)14(19)9-12-5-2-3-6-13(12)18/h2-3,5-6,18H,4,7-9,11H2,1H3/t15-/m0/s1. The monoisotopic (exact) mass is 258 g/mol. The number of para-hydroxylation sites is 1. The minimum Gasteiger partial charge on any atom is -0.508 e. The van der Waals surface area contributed by atoms with E-state index < -0.39 is 5.41 Å². The smallest absolute Gasteiger partial charge is 0.227 e. The second-order valence-electron chi connectivity index (χ2n) is 5.40. The first-order chi connectivity index (χ1) is 9.04. The molecule has 1 aliphatic heterocycles. The van der Waals surface area contributed by atoms with Gasteiger partial charge in [0, 0.05) is 18.7 Å². The van der Waals surface area contributed by atoms with Crippen molar-refractivity contribution in [1.82, 2.24) is 4.90 Å². The summed E-state index contributed by atoms with van der Waals surface area (Å²) in [6.07, 6.45) is 1.88. The molecule has 1 atom stereocenters. The van der Waals surface area contributed by atoms with Crippen LogP contribution in [-0.4, -0.2) is 29.0 Å². The maximum Gasteiger partial charge on any atom is 0.227 e. The molecule has 1 heterocycles. The maximum atomic E-state index is 12.2. The predicted octanol–water partition coefficient (Wildman–Crippen LogP) is 2.09. The lowest BCUT2D eigenvalue weighted by molar-refractivity contribution is -0.133. The van der Waals surface area contributed by atoms with Crippen LogP contribution in [0.5, 0.6) is 5.75 Å². The highest BCUT2D eigenvalue weighted by Crippen LogP contribution is 2.29. The minimum absolute atomic E-state index is 0.0253. The van der Waals surface area contributed by atoms with Gasteiger partial charge in [0.05, 0.1) is 17.9 Å². The molecule has 0 aromatic heterocycles. The van der Waals surface area contributed by atoms with E-state index in [1.54, 1.807) is 29.2 Å². The van der Waals surface area contributed by atoms with Gasteiger partial charge >= 0.3 is 0 Å². The zero-order valence-corrected chi connectivity index (χ0v) is 11.1. The summed E-state index contributed by atoms with van der Waals surface area (Å²) in [5, 5.41) is 18.8. The van der Waals surface area contributed by atoms with Crippen molar-refractivity contribution >= 4 is 5.91 Å². The van der Waals surface area contributed by atoms with Crippen molar-refractivity contribution in [2.24, 2.45) is 5.41 Å². The Labute approximate surface area is 113 Å². The average Bonchev–Trinajstić information content (AvgIpc) is 2.41. The lowest BCUT2D eigenvalue weighted by atomic mass is 9.83. The van der Waals surface area contributed by atoms with E-state index in [0.717, 1.165) is 12.8 Å². The summed E-state index contributed by atoms with van der Waals surface area (Å²) in [6, 6.07) is 9.17. The number of carbonyl (C=O) groups excluding carboxylic acids is 1. The summed E-state index contributed by atoms with van der Waals surface area (Å²) in [7, 11) is 0. The zero-order chi connectivity index (χ0) is 13.9. The quantitative estimate of drug-likeness (QED) is 0.883. The summed E-state index contributed by atoms with van der Waals surface area (Å²) in [5.41, 5.74) is 0.198. The van der Waals surface area contributed by atoms with Crippen LogP contribution in [0, 0.1) is 16.7 Å². The number of piperidine rings is 1. The van der Waals surface area contributed by atoms with E-state index in [2.05, 4.69) is 6.07 Å². The molecule has 1 aromatic carbocycles. The maximum absolute atomic E-state index is 12.2. The average molecular weight is 258 g/mol. The van der Waals surface area contributed by atoms with Crippen LogP contribution < -0.4 is 0 Å². The van der Waals surface area contributed by atoms with Gasteiger partial charge in [-0.2, -0.15) is 5.26 Å². The molecule has 4 heteroatoms. The van der Waals surface area contributed by atoms with Crippen molar-refractivity contribution in [3.05, 3.63) is 29.8 Å². The molecule has 2 rings (SSSR count). The second kappa shape index (κ2) is 5.31. The first kappa shape index (κ1) is 13.4. The molecule has 0 radical (unpaired) electrons. The summed E-state index contributed by atoms with van der Waals surface area (Å²) < 4.78 is 0. The molecule has 1 aliphatic rings. The largest absolute Gasteiger partial charge is 0.508 e. The van der Waals surface area contributed by atoms with Crippen LogP contribution in [0.4, 0.5) is 0 Å². The molecule has 4 nitrogen and oxygen atoms in total. The van der Waals surface area contributed by atoms with Crippen LogP contribution in [0.25, 0.3) is 0 Å². The lowest BCUT2D eigenvalue weighted by Gasteiger charge is -2.36. The van der Waals surface area contributed by atoms with Crippen molar-refractivity contribution in [2.45, 2.75) is 26.2 Å².